The Labute approximate surface area is 104 Å². The molecule has 2 heterocycles. The van der Waals surface area contributed by atoms with Crippen LogP contribution < -0.4 is 0 Å². The van der Waals surface area contributed by atoms with E-state index >= 15 is 0 Å². The van der Waals surface area contributed by atoms with E-state index < -0.39 is 0 Å². The molecular formula is C14H11ClN2. The van der Waals surface area contributed by atoms with Crippen LogP contribution in [0.4, 0.5) is 0 Å². The lowest BCUT2D eigenvalue weighted by Crippen LogP contribution is -1.89. The molecule has 0 amide bonds. The van der Waals surface area contributed by atoms with E-state index in [9.17, 15) is 0 Å². The van der Waals surface area contributed by atoms with Gasteiger partial charge in [-0.1, -0.05) is 24.3 Å². The molecule has 84 valence electrons. The number of alkyl halides is 1. The Morgan fingerprint density at radius 1 is 1.06 bits per heavy atom. The minimum Gasteiger partial charge on any atom is -0.361 e. The predicted octanol–water partition coefficient (Wildman–Crippen LogP) is 3.97. The van der Waals surface area contributed by atoms with E-state index in [0.29, 0.717) is 5.88 Å². The Kier molecular flexibility index (Phi) is 2.57. The molecule has 0 aliphatic heterocycles. The Morgan fingerprint density at radius 2 is 2.00 bits per heavy atom. The number of benzene rings is 1. The molecule has 1 N–H and O–H groups in total. The van der Waals surface area contributed by atoms with Gasteiger partial charge in [-0.05, 0) is 18.2 Å². The van der Waals surface area contributed by atoms with Gasteiger partial charge in [0, 0.05) is 22.8 Å². The Hall–Kier alpha value is -1.80. The monoisotopic (exact) mass is 242 g/mol. The van der Waals surface area contributed by atoms with Crippen molar-refractivity contribution in [2.45, 2.75) is 5.88 Å². The smallest absolute Gasteiger partial charge is 0.0798 e. The average molecular weight is 243 g/mol. The highest BCUT2D eigenvalue weighted by atomic mass is 35.5. The maximum Gasteiger partial charge on any atom is 0.0798 e. The van der Waals surface area contributed by atoms with Crippen molar-refractivity contribution in [2.75, 3.05) is 0 Å². The fourth-order valence-corrected chi connectivity index (χ4v) is 2.13. The summed E-state index contributed by atoms with van der Waals surface area (Å²) in [4.78, 5) is 7.81. The number of pyridine rings is 1. The van der Waals surface area contributed by atoms with Gasteiger partial charge in [-0.15, -0.1) is 11.6 Å². The number of para-hydroxylation sites is 1. The highest BCUT2D eigenvalue weighted by Gasteiger charge is 2.06. The highest BCUT2D eigenvalue weighted by molar-refractivity contribution is 6.17. The summed E-state index contributed by atoms with van der Waals surface area (Å²) in [5, 5.41) is 1.13. The van der Waals surface area contributed by atoms with Gasteiger partial charge in [0.05, 0.1) is 17.1 Å². The first kappa shape index (κ1) is 10.4. The summed E-state index contributed by atoms with van der Waals surface area (Å²) >= 11 is 5.83. The van der Waals surface area contributed by atoms with Crippen LogP contribution in [0.1, 0.15) is 5.69 Å². The van der Waals surface area contributed by atoms with Gasteiger partial charge < -0.3 is 4.98 Å². The second kappa shape index (κ2) is 4.22. The molecule has 0 fully saturated rings. The largest absolute Gasteiger partial charge is 0.361 e. The molecule has 17 heavy (non-hydrogen) atoms. The summed E-state index contributed by atoms with van der Waals surface area (Å²) in [5.41, 5.74) is 4.08. The maximum absolute atomic E-state index is 5.83. The standard InChI is InChI=1S/C14H11ClN2/c15-9-11-7-6-10-3-1-4-12(14(10)17-11)13-5-2-8-16-13/h1-8,16H,9H2. The Morgan fingerprint density at radius 3 is 2.76 bits per heavy atom. The zero-order valence-corrected chi connectivity index (χ0v) is 9.91. The number of hydrogen-bond donors (Lipinski definition) is 1. The third-order valence-corrected chi connectivity index (χ3v) is 3.08. The Bertz CT molecular complexity index is 644. The lowest BCUT2D eigenvalue weighted by atomic mass is 10.1. The lowest BCUT2D eigenvalue weighted by molar-refractivity contribution is 1.22. The number of halogens is 1. The molecule has 0 unspecified atom stereocenters. The summed E-state index contributed by atoms with van der Waals surface area (Å²) in [5.74, 6) is 0.439. The number of hydrogen-bond acceptors (Lipinski definition) is 1. The van der Waals surface area contributed by atoms with Gasteiger partial charge in [0.25, 0.3) is 0 Å². The van der Waals surface area contributed by atoms with Crippen LogP contribution in [0.5, 0.6) is 0 Å². The van der Waals surface area contributed by atoms with Crippen molar-refractivity contribution in [1.29, 1.82) is 0 Å². The summed E-state index contributed by atoms with van der Waals surface area (Å²) in [6.45, 7) is 0. The van der Waals surface area contributed by atoms with Gasteiger partial charge in [-0.2, -0.15) is 0 Å². The van der Waals surface area contributed by atoms with Gasteiger partial charge in [0.15, 0.2) is 0 Å². The molecule has 3 heteroatoms. The van der Waals surface area contributed by atoms with Gasteiger partial charge in [-0.25, -0.2) is 0 Å². The number of aromatic nitrogens is 2. The quantitative estimate of drug-likeness (QED) is 0.677. The number of nitrogens with zero attached hydrogens (tertiary/aromatic N) is 1. The Balaban J connectivity index is 2.30. The van der Waals surface area contributed by atoms with Crippen LogP contribution in [0.2, 0.25) is 0 Å². The highest BCUT2D eigenvalue weighted by Crippen LogP contribution is 2.26. The summed E-state index contributed by atoms with van der Waals surface area (Å²) in [6, 6.07) is 14.2. The number of H-pyrrole nitrogens is 1. The third-order valence-electron chi connectivity index (χ3n) is 2.80. The van der Waals surface area contributed by atoms with E-state index in [1.165, 1.54) is 0 Å². The van der Waals surface area contributed by atoms with Gasteiger partial charge in [-0.3, -0.25) is 4.98 Å². The number of aromatic amines is 1. The molecule has 2 aromatic heterocycles. The minimum atomic E-state index is 0.439. The minimum absolute atomic E-state index is 0.439. The predicted molar refractivity (Wildman–Crippen MR) is 71.1 cm³/mol. The van der Waals surface area contributed by atoms with E-state index in [-0.39, 0.29) is 0 Å². The van der Waals surface area contributed by atoms with E-state index in [1.54, 1.807) is 0 Å². The van der Waals surface area contributed by atoms with Crippen molar-refractivity contribution in [1.82, 2.24) is 9.97 Å². The van der Waals surface area contributed by atoms with Gasteiger partial charge in [0.1, 0.15) is 0 Å². The first-order valence-electron chi connectivity index (χ1n) is 5.47. The van der Waals surface area contributed by atoms with Crippen molar-refractivity contribution in [3.05, 3.63) is 54.4 Å². The van der Waals surface area contributed by atoms with Crippen molar-refractivity contribution in [2.24, 2.45) is 0 Å². The molecule has 0 saturated carbocycles. The van der Waals surface area contributed by atoms with Crippen LogP contribution in [0.3, 0.4) is 0 Å². The fraction of sp³-hybridized carbons (Fsp3) is 0.0714. The average Bonchev–Trinajstić information content (AvgIpc) is 2.91. The summed E-state index contributed by atoms with van der Waals surface area (Å²) in [7, 11) is 0. The molecule has 0 radical (unpaired) electrons. The van der Waals surface area contributed by atoms with Crippen molar-refractivity contribution in [3.8, 4) is 11.3 Å². The number of rotatable bonds is 2. The number of nitrogens with one attached hydrogen (secondary N) is 1. The summed E-state index contributed by atoms with van der Waals surface area (Å²) in [6.07, 6.45) is 1.92. The van der Waals surface area contributed by atoms with E-state index in [1.807, 2.05) is 30.5 Å². The number of fused-ring (bicyclic) bond motifs is 1. The van der Waals surface area contributed by atoms with Gasteiger partial charge >= 0.3 is 0 Å². The van der Waals surface area contributed by atoms with Crippen LogP contribution in [-0.4, -0.2) is 9.97 Å². The molecule has 2 nitrogen and oxygen atoms in total. The summed E-state index contributed by atoms with van der Waals surface area (Å²) < 4.78 is 0. The molecule has 0 aliphatic carbocycles. The van der Waals surface area contributed by atoms with Crippen LogP contribution >= 0.6 is 11.6 Å². The normalized spacial score (nSPS) is 10.9. The molecular weight excluding hydrogens is 232 g/mol. The molecule has 0 spiro atoms. The first-order valence-corrected chi connectivity index (χ1v) is 6.00. The lowest BCUT2D eigenvalue weighted by Gasteiger charge is -2.05. The SMILES string of the molecule is ClCc1ccc2cccc(-c3ccc[nH]3)c2n1. The van der Waals surface area contributed by atoms with Crippen LogP contribution in [0.15, 0.2) is 48.7 Å². The van der Waals surface area contributed by atoms with E-state index in [2.05, 4.69) is 28.2 Å². The zero-order chi connectivity index (χ0) is 11.7. The van der Waals surface area contributed by atoms with Gasteiger partial charge in [0.2, 0.25) is 0 Å². The van der Waals surface area contributed by atoms with Crippen LogP contribution in [-0.2, 0) is 5.88 Å². The molecule has 0 bridgehead atoms. The zero-order valence-electron chi connectivity index (χ0n) is 9.15. The van der Waals surface area contributed by atoms with E-state index in [4.69, 9.17) is 11.6 Å². The molecule has 0 saturated heterocycles. The van der Waals surface area contributed by atoms with Crippen molar-refractivity contribution < 1.29 is 0 Å². The molecule has 3 rings (SSSR count). The van der Waals surface area contributed by atoms with Crippen molar-refractivity contribution in [3.63, 3.8) is 0 Å². The third kappa shape index (κ3) is 1.81. The fourth-order valence-electron chi connectivity index (χ4n) is 1.98. The second-order valence-corrected chi connectivity index (χ2v) is 4.16. The van der Waals surface area contributed by atoms with Crippen LogP contribution in [0, 0.1) is 0 Å². The van der Waals surface area contributed by atoms with Crippen LogP contribution in [0.25, 0.3) is 22.2 Å². The maximum atomic E-state index is 5.83. The van der Waals surface area contributed by atoms with Crippen molar-refractivity contribution >= 4 is 22.5 Å². The first-order chi connectivity index (χ1) is 8.38. The molecule has 0 atom stereocenters. The molecule has 0 aliphatic rings. The molecule has 3 aromatic rings. The topological polar surface area (TPSA) is 28.7 Å². The van der Waals surface area contributed by atoms with E-state index in [0.717, 1.165) is 27.9 Å². The molecule has 1 aromatic carbocycles. The second-order valence-electron chi connectivity index (χ2n) is 3.90.